The van der Waals surface area contributed by atoms with Crippen molar-refractivity contribution in [3.63, 3.8) is 0 Å². The maximum Gasteiger partial charge on any atom is 0.250 e. The molecule has 0 aliphatic rings. The zero-order valence-corrected chi connectivity index (χ0v) is 8.93. The molecule has 1 atom stereocenters. The molecule has 0 aromatic carbocycles. The van der Waals surface area contributed by atoms with Crippen molar-refractivity contribution in [1.29, 1.82) is 0 Å². The van der Waals surface area contributed by atoms with Crippen LogP contribution in [0.4, 0.5) is 0 Å². The van der Waals surface area contributed by atoms with Gasteiger partial charge in [0, 0.05) is 26.9 Å². The molecule has 1 aromatic heterocycles. The number of hydrogen-bond donors (Lipinski definition) is 2. The third kappa shape index (κ3) is 3.34. The Kier molecular flexibility index (Phi) is 4.26. The highest BCUT2D eigenvalue weighted by atomic mass is 16.5. The van der Waals surface area contributed by atoms with Gasteiger partial charge in [0.1, 0.15) is 6.10 Å². The second kappa shape index (κ2) is 5.47. The summed E-state index contributed by atoms with van der Waals surface area (Å²) in [6.07, 6.45) is 1.23. The van der Waals surface area contributed by atoms with Crippen LogP contribution in [0, 0.1) is 0 Å². The molecule has 1 unspecified atom stereocenters. The van der Waals surface area contributed by atoms with Crippen LogP contribution in [0.5, 0.6) is 0 Å². The Morgan fingerprint density at radius 3 is 3.00 bits per heavy atom. The number of hydrogen-bond acceptors (Lipinski definition) is 4. The quantitative estimate of drug-likeness (QED) is 0.656. The molecule has 0 bridgehead atoms. The summed E-state index contributed by atoms with van der Waals surface area (Å²) in [4.78, 5) is 11.4. The summed E-state index contributed by atoms with van der Waals surface area (Å²) in [5.74, 6) is -0.217. The number of ether oxygens (including phenoxy) is 1. The van der Waals surface area contributed by atoms with E-state index in [1.807, 2.05) is 19.3 Å². The number of aryl methyl sites for hydroxylation is 1. The van der Waals surface area contributed by atoms with Gasteiger partial charge in [-0.25, -0.2) is 0 Å². The fourth-order valence-corrected chi connectivity index (χ4v) is 1.16. The van der Waals surface area contributed by atoms with E-state index in [9.17, 15) is 4.79 Å². The van der Waals surface area contributed by atoms with Crippen molar-refractivity contribution in [3.05, 3.63) is 18.0 Å². The summed E-state index contributed by atoms with van der Waals surface area (Å²) in [5.41, 5.74) is 6.16. The number of aromatic nitrogens is 2. The molecule has 0 fully saturated rings. The van der Waals surface area contributed by atoms with Crippen LogP contribution >= 0.6 is 0 Å². The van der Waals surface area contributed by atoms with Crippen LogP contribution in [0.1, 0.15) is 5.69 Å². The van der Waals surface area contributed by atoms with Gasteiger partial charge in [-0.1, -0.05) is 0 Å². The predicted molar refractivity (Wildman–Crippen MR) is 54.9 cm³/mol. The highest BCUT2D eigenvalue weighted by Crippen LogP contribution is 1.94. The minimum absolute atomic E-state index is 0.171. The lowest BCUT2D eigenvalue weighted by molar-refractivity contribution is -0.130. The second-order valence-electron chi connectivity index (χ2n) is 3.16. The fraction of sp³-hybridized carbons (Fsp3) is 0.556. The van der Waals surface area contributed by atoms with Gasteiger partial charge in [0.15, 0.2) is 0 Å². The van der Waals surface area contributed by atoms with Gasteiger partial charge in [-0.05, 0) is 6.07 Å². The van der Waals surface area contributed by atoms with Gasteiger partial charge in [0.2, 0.25) is 0 Å². The zero-order chi connectivity index (χ0) is 11.3. The summed E-state index contributed by atoms with van der Waals surface area (Å²) in [7, 11) is 3.28. The van der Waals surface area contributed by atoms with E-state index in [4.69, 9.17) is 10.5 Å². The van der Waals surface area contributed by atoms with Gasteiger partial charge < -0.3 is 15.8 Å². The van der Waals surface area contributed by atoms with E-state index >= 15 is 0 Å². The smallest absolute Gasteiger partial charge is 0.250 e. The third-order valence-electron chi connectivity index (χ3n) is 2.00. The molecule has 0 radical (unpaired) electrons. The van der Waals surface area contributed by atoms with Crippen molar-refractivity contribution in [3.8, 4) is 0 Å². The Morgan fingerprint density at radius 2 is 2.53 bits per heavy atom. The summed E-state index contributed by atoms with van der Waals surface area (Å²) < 4.78 is 6.57. The van der Waals surface area contributed by atoms with Gasteiger partial charge in [-0.15, -0.1) is 0 Å². The van der Waals surface area contributed by atoms with Crippen LogP contribution < -0.4 is 11.1 Å². The Hall–Kier alpha value is -1.40. The van der Waals surface area contributed by atoms with Gasteiger partial charge >= 0.3 is 0 Å². The van der Waals surface area contributed by atoms with E-state index in [-0.39, 0.29) is 12.5 Å². The second-order valence-corrected chi connectivity index (χ2v) is 3.16. The van der Waals surface area contributed by atoms with Crippen LogP contribution in [0.2, 0.25) is 0 Å². The molecule has 84 valence electrons. The molecule has 0 aliphatic carbocycles. The minimum atomic E-state index is -0.589. The summed E-state index contributed by atoms with van der Waals surface area (Å²) in [5, 5.41) is 6.82. The standard InChI is InChI=1S/C9H16N4O2/c1-13-4-3-7(12-13)6-11-9(14)8(5-10)15-2/h3-4,8H,5-6,10H2,1-2H3,(H,11,14). The first-order chi connectivity index (χ1) is 7.17. The first-order valence-corrected chi connectivity index (χ1v) is 4.66. The van der Waals surface area contributed by atoms with E-state index in [0.717, 1.165) is 5.69 Å². The van der Waals surface area contributed by atoms with Crippen LogP contribution in [-0.4, -0.2) is 35.4 Å². The van der Waals surface area contributed by atoms with Crippen molar-refractivity contribution in [1.82, 2.24) is 15.1 Å². The molecular formula is C9H16N4O2. The van der Waals surface area contributed by atoms with E-state index in [1.165, 1.54) is 7.11 Å². The van der Waals surface area contributed by atoms with Crippen LogP contribution in [0.3, 0.4) is 0 Å². The number of carbonyl (C=O) groups is 1. The van der Waals surface area contributed by atoms with Crippen LogP contribution in [0.15, 0.2) is 12.3 Å². The van der Waals surface area contributed by atoms with Crippen LogP contribution in [-0.2, 0) is 23.1 Å². The maximum absolute atomic E-state index is 11.4. The topological polar surface area (TPSA) is 82.2 Å². The largest absolute Gasteiger partial charge is 0.370 e. The van der Waals surface area contributed by atoms with Gasteiger partial charge in [-0.2, -0.15) is 5.10 Å². The lowest BCUT2D eigenvalue weighted by Gasteiger charge is -2.11. The number of methoxy groups -OCH3 is 1. The van der Waals surface area contributed by atoms with Crippen molar-refractivity contribution in [2.45, 2.75) is 12.6 Å². The number of carbonyl (C=O) groups excluding carboxylic acids is 1. The lowest BCUT2D eigenvalue weighted by Crippen LogP contribution is -2.40. The number of nitrogens with two attached hydrogens (primary N) is 1. The number of nitrogens with zero attached hydrogens (tertiary/aromatic N) is 2. The Morgan fingerprint density at radius 1 is 1.80 bits per heavy atom. The number of amides is 1. The molecule has 6 nitrogen and oxygen atoms in total. The van der Waals surface area contributed by atoms with E-state index in [0.29, 0.717) is 6.54 Å². The molecule has 0 saturated carbocycles. The SMILES string of the molecule is COC(CN)C(=O)NCc1ccn(C)n1. The average Bonchev–Trinajstić information content (AvgIpc) is 2.63. The molecular weight excluding hydrogens is 196 g/mol. The minimum Gasteiger partial charge on any atom is -0.370 e. The molecule has 6 heteroatoms. The molecule has 1 heterocycles. The molecule has 1 aromatic rings. The van der Waals surface area contributed by atoms with E-state index in [2.05, 4.69) is 10.4 Å². The molecule has 0 aliphatic heterocycles. The maximum atomic E-state index is 11.4. The number of rotatable bonds is 5. The molecule has 0 spiro atoms. The van der Waals surface area contributed by atoms with E-state index in [1.54, 1.807) is 4.68 Å². The Labute approximate surface area is 88.4 Å². The number of nitrogens with one attached hydrogen (secondary N) is 1. The van der Waals surface area contributed by atoms with E-state index < -0.39 is 6.10 Å². The van der Waals surface area contributed by atoms with Crippen LogP contribution in [0.25, 0.3) is 0 Å². The van der Waals surface area contributed by atoms with Crippen molar-refractivity contribution in [2.24, 2.45) is 12.8 Å². The zero-order valence-electron chi connectivity index (χ0n) is 8.93. The predicted octanol–water partition coefficient (Wildman–Crippen LogP) is -0.990. The van der Waals surface area contributed by atoms with Gasteiger partial charge in [0.05, 0.1) is 12.2 Å². The molecule has 1 amide bonds. The summed E-state index contributed by atoms with van der Waals surface area (Å²) in [6, 6.07) is 1.84. The Bertz CT molecular complexity index is 320. The van der Waals surface area contributed by atoms with Crippen molar-refractivity contribution < 1.29 is 9.53 Å². The molecule has 15 heavy (non-hydrogen) atoms. The van der Waals surface area contributed by atoms with Gasteiger partial charge in [0.25, 0.3) is 5.91 Å². The summed E-state index contributed by atoms with van der Waals surface area (Å²) in [6.45, 7) is 0.560. The highest BCUT2D eigenvalue weighted by molar-refractivity contribution is 5.80. The molecule has 1 rings (SSSR count). The molecule has 0 saturated heterocycles. The average molecular weight is 212 g/mol. The Balaban J connectivity index is 2.40. The lowest BCUT2D eigenvalue weighted by atomic mass is 10.3. The first kappa shape index (κ1) is 11.7. The normalized spacial score (nSPS) is 12.5. The highest BCUT2D eigenvalue weighted by Gasteiger charge is 2.15. The van der Waals surface area contributed by atoms with Gasteiger partial charge in [-0.3, -0.25) is 9.48 Å². The third-order valence-corrected chi connectivity index (χ3v) is 2.00. The summed E-state index contributed by atoms with van der Waals surface area (Å²) >= 11 is 0. The van der Waals surface area contributed by atoms with Crippen molar-refractivity contribution in [2.75, 3.05) is 13.7 Å². The monoisotopic (exact) mass is 212 g/mol. The first-order valence-electron chi connectivity index (χ1n) is 4.66. The van der Waals surface area contributed by atoms with Crippen molar-refractivity contribution >= 4 is 5.91 Å². The molecule has 3 N–H and O–H groups in total. The fourth-order valence-electron chi connectivity index (χ4n) is 1.16.